The predicted octanol–water partition coefficient (Wildman–Crippen LogP) is 0.999. The van der Waals surface area contributed by atoms with Crippen LogP contribution < -0.4 is 0 Å². The third-order valence-corrected chi connectivity index (χ3v) is 5.20. The Kier molecular flexibility index (Phi) is 3.22. The van der Waals surface area contributed by atoms with Crippen molar-refractivity contribution in [2.24, 2.45) is 0 Å². The molecular weight excluding hydrogens is 224 g/mol. The van der Waals surface area contributed by atoms with Crippen LogP contribution in [0, 0.1) is 0 Å². The Morgan fingerprint density at radius 2 is 1.36 bits per heavy atom. The topological polar surface area (TPSA) is 52.6 Å². The van der Waals surface area contributed by atoms with Crippen LogP contribution in [0.5, 0.6) is 0 Å². The second-order valence-corrected chi connectivity index (χ2v) is 6.08. The molecule has 2 saturated heterocycles. The molecule has 0 bridgehead atoms. The predicted molar refractivity (Wildman–Crippen MR) is 53.9 cm³/mol. The van der Waals surface area contributed by atoms with E-state index in [1.807, 2.05) is 0 Å². The molecule has 0 amide bonds. The number of hydrogen-bond donors (Lipinski definition) is 0. The minimum atomic E-state index is -0.123. The smallest absolute Gasteiger partial charge is 0.307 e. The standard InChI is InChI=1S/C8H10O4S2/c9-7-1-5(3-11-7)13-14-6-2-8(10)12-4-6/h5-6H,1-4H2. The minimum absolute atomic E-state index is 0.123. The SMILES string of the molecule is O=C1CC(SSC2COC(=O)C2)CO1. The molecule has 0 aromatic rings. The zero-order chi connectivity index (χ0) is 9.97. The number of carbonyl (C=O) groups excluding carboxylic acids is 2. The Morgan fingerprint density at radius 1 is 0.929 bits per heavy atom. The molecule has 0 aromatic carbocycles. The van der Waals surface area contributed by atoms with Crippen LogP contribution in [0.15, 0.2) is 0 Å². The van der Waals surface area contributed by atoms with Gasteiger partial charge in [0.2, 0.25) is 0 Å². The van der Waals surface area contributed by atoms with Gasteiger partial charge in [0.25, 0.3) is 0 Å². The first kappa shape index (κ1) is 10.2. The molecule has 2 fully saturated rings. The Hall–Kier alpha value is -0.360. The molecule has 6 heteroatoms. The van der Waals surface area contributed by atoms with E-state index in [0.29, 0.717) is 26.1 Å². The summed E-state index contributed by atoms with van der Waals surface area (Å²) in [6.45, 7) is 0.996. The summed E-state index contributed by atoms with van der Waals surface area (Å²) in [5, 5.41) is 0.478. The molecular formula is C8H10O4S2. The van der Waals surface area contributed by atoms with Crippen LogP contribution in [0.2, 0.25) is 0 Å². The zero-order valence-corrected chi connectivity index (χ0v) is 9.07. The number of cyclic esters (lactones) is 2. The van der Waals surface area contributed by atoms with E-state index in [9.17, 15) is 9.59 Å². The Bertz CT molecular complexity index is 230. The molecule has 0 radical (unpaired) electrons. The van der Waals surface area contributed by atoms with E-state index < -0.39 is 0 Å². The van der Waals surface area contributed by atoms with E-state index in [4.69, 9.17) is 9.47 Å². The number of rotatable bonds is 3. The minimum Gasteiger partial charge on any atom is -0.464 e. The fourth-order valence-corrected chi connectivity index (χ4v) is 3.91. The van der Waals surface area contributed by atoms with Crippen LogP contribution in [0.4, 0.5) is 0 Å². The van der Waals surface area contributed by atoms with Crippen LogP contribution in [0.3, 0.4) is 0 Å². The van der Waals surface area contributed by atoms with Crippen LogP contribution in [0.1, 0.15) is 12.8 Å². The molecule has 0 saturated carbocycles. The first-order valence-corrected chi connectivity index (χ1v) is 6.65. The van der Waals surface area contributed by atoms with E-state index in [1.165, 1.54) is 0 Å². The van der Waals surface area contributed by atoms with Gasteiger partial charge in [0.15, 0.2) is 0 Å². The molecule has 0 N–H and O–H groups in total. The van der Waals surface area contributed by atoms with Gasteiger partial charge >= 0.3 is 11.9 Å². The molecule has 14 heavy (non-hydrogen) atoms. The molecule has 0 spiro atoms. The maximum atomic E-state index is 10.8. The van der Waals surface area contributed by atoms with Gasteiger partial charge in [0.1, 0.15) is 13.2 Å². The van der Waals surface area contributed by atoms with Crippen molar-refractivity contribution < 1.29 is 19.1 Å². The average Bonchev–Trinajstić information content (AvgIpc) is 2.72. The zero-order valence-electron chi connectivity index (χ0n) is 7.43. The molecule has 2 aliphatic rings. The fraction of sp³-hybridized carbons (Fsp3) is 0.750. The highest BCUT2D eigenvalue weighted by molar-refractivity contribution is 8.77. The monoisotopic (exact) mass is 234 g/mol. The fourth-order valence-electron chi connectivity index (χ4n) is 1.26. The summed E-state index contributed by atoms with van der Waals surface area (Å²) in [6.07, 6.45) is 0.971. The van der Waals surface area contributed by atoms with Gasteiger partial charge < -0.3 is 9.47 Å². The van der Waals surface area contributed by atoms with E-state index in [2.05, 4.69) is 0 Å². The van der Waals surface area contributed by atoms with Crippen molar-refractivity contribution in [2.45, 2.75) is 23.3 Å². The average molecular weight is 234 g/mol. The van der Waals surface area contributed by atoms with Crippen molar-refractivity contribution in [3.63, 3.8) is 0 Å². The molecule has 2 atom stereocenters. The maximum absolute atomic E-state index is 10.8. The van der Waals surface area contributed by atoms with Gasteiger partial charge in [0.05, 0.1) is 23.3 Å². The van der Waals surface area contributed by atoms with Crippen LogP contribution in [-0.2, 0) is 19.1 Å². The van der Waals surface area contributed by atoms with E-state index >= 15 is 0 Å². The molecule has 2 rings (SSSR count). The van der Waals surface area contributed by atoms with Gasteiger partial charge in [-0.25, -0.2) is 0 Å². The highest BCUT2D eigenvalue weighted by Crippen LogP contribution is 2.37. The maximum Gasteiger partial charge on any atom is 0.307 e. The third kappa shape index (κ3) is 2.57. The van der Waals surface area contributed by atoms with Crippen LogP contribution in [-0.4, -0.2) is 35.7 Å². The quantitative estimate of drug-likeness (QED) is 0.536. The molecule has 0 aromatic heterocycles. The number of hydrogen-bond acceptors (Lipinski definition) is 6. The lowest BCUT2D eigenvalue weighted by molar-refractivity contribution is -0.138. The summed E-state index contributed by atoms with van der Waals surface area (Å²) in [6, 6.07) is 0. The molecule has 2 unspecified atom stereocenters. The number of carbonyl (C=O) groups is 2. The van der Waals surface area contributed by atoms with E-state index in [-0.39, 0.29) is 22.4 Å². The Morgan fingerprint density at radius 3 is 1.64 bits per heavy atom. The van der Waals surface area contributed by atoms with Crippen molar-refractivity contribution in [1.82, 2.24) is 0 Å². The third-order valence-electron chi connectivity index (χ3n) is 1.98. The lowest BCUT2D eigenvalue weighted by Crippen LogP contribution is -2.03. The molecule has 2 heterocycles. The second-order valence-electron chi connectivity index (χ2n) is 3.21. The molecule has 2 aliphatic heterocycles. The number of ether oxygens (including phenoxy) is 2. The highest BCUT2D eigenvalue weighted by Gasteiger charge is 2.29. The van der Waals surface area contributed by atoms with Crippen molar-refractivity contribution in [2.75, 3.05) is 13.2 Å². The van der Waals surface area contributed by atoms with Gasteiger partial charge in [-0.15, -0.1) is 0 Å². The van der Waals surface area contributed by atoms with Crippen molar-refractivity contribution in [1.29, 1.82) is 0 Å². The van der Waals surface area contributed by atoms with Crippen molar-refractivity contribution in [3.8, 4) is 0 Å². The van der Waals surface area contributed by atoms with Gasteiger partial charge in [0, 0.05) is 0 Å². The Balaban J connectivity index is 1.67. The largest absolute Gasteiger partial charge is 0.464 e. The number of esters is 2. The lowest BCUT2D eigenvalue weighted by atomic mass is 10.4. The normalized spacial score (nSPS) is 31.7. The summed E-state index contributed by atoms with van der Waals surface area (Å²) in [5.41, 5.74) is 0. The summed E-state index contributed by atoms with van der Waals surface area (Å²) in [7, 11) is 3.25. The summed E-state index contributed by atoms with van der Waals surface area (Å²) in [5.74, 6) is -0.247. The van der Waals surface area contributed by atoms with Gasteiger partial charge in [-0.1, -0.05) is 21.6 Å². The first-order chi connectivity index (χ1) is 6.74. The lowest BCUT2D eigenvalue weighted by Gasteiger charge is -2.07. The van der Waals surface area contributed by atoms with Crippen LogP contribution >= 0.6 is 21.6 Å². The van der Waals surface area contributed by atoms with Crippen LogP contribution in [0.25, 0.3) is 0 Å². The molecule has 78 valence electrons. The van der Waals surface area contributed by atoms with Crippen molar-refractivity contribution >= 4 is 33.5 Å². The highest BCUT2D eigenvalue weighted by atomic mass is 33.1. The van der Waals surface area contributed by atoms with Crippen molar-refractivity contribution in [3.05, 3.63) is 0 Å². The Labute approximate surface area is 89.5 Å². The molecule has 0 aliphatic carbocycles. The summed E-state index contributed by atoms with van der Waals surface area (Å²) < 4.78 is 9.66. The van der Waals surface area contributed by atoms with E-state index in [0.717, 1.165) is 0 Å². The second kappa shape index (κ2) is 4.44. The van der Waals surface area contributed by atoms with E-state index in [1.54, 1.807) is 21.6 Å². The molecule has 4 nitrogen and oxygen atoms in total. The summed E-state index contributed by atoms with van der Waals surface area (Å²) >= 11 is 0. The van der Waals surface area contributed by atoms with Gasteiger partial charge in [-0.3, -0.25) is 9.59 Å². The first-order valence-electron chi connectivity index (χ1n) is 4.37. The summed E-state index contributed by atoms with van der Waals surface area (Å²) in [4.78, 5) is 21.6. The van der Waals surface area contributed by atoms with Gasteiger partial charge in [-0.2, -0.15) is 0 Å². The van der Waals surface area contributed by atoms with Gasteiger partial charge in [-0.05, 0) is 0 Å².